The van der Waals surface area contributed by atoms with Crippen molar-refractivity contribution >= 4 is 67.2 Å². The van der Waals surface area contributed by atoms with Gasteiger partial charge < -0.3 is 5.32 Å². The molecular weight excluding hydrogens is 355 g/mol. The van der Waals surface area contributed by atoms with Crippen molar-refractivity contribution in [2.75, 3.05) is 10.7 Å². The molecule has 1 amide bonds. The summed E-state index contributed by atoms with van der Waals surface area (Å²) in [5, 5.41) is 8.47. The molecule has 5 nitrogen and oxygen atoms in total. The molecule has 1 aromatic carbocycles. The van der Waals surface area contributed by atoms with Gasteiger partial charge in [0.05, 0.1) is 20.4 Å². The Morgan fingerprint density at radius 2 is 2.13 bits per heavy atom. The first kappa shape index (κ1) is 18.0. The van der Waals surface area contributed by atoms with Gasteiger partial charge in [0.1, 0.15) is 5.52 Å². The van der Waals surface area contributed by atoms with Crippen LogP contribution in [0.15, 0.2) is 11.2 Å². The second-order valence-electron chi connectivity index (χ2n) is 5.37. The molecule has 0 spiro atoms. The highest BCUT2D eigenvalue weighted by Crippen LogP contribution is 2.41. The lowest BCUT2D eigenvalue weighted by Gasteiger charge is -2.10. The van der Waals surface area contributed by atoms with Crippen LogP contribution in [0, 0.1) is 5.92 Å². The van der Waals surface area contributed by atoms with Gasteiger partial charge in [0, 0.05) is 11.6 Å². The number of aromatic nitrogens is 1. The molecule has 2 rings (SSSR count). The van der Waals surface area contributed by atoms with Crippen LogP contribution in [0.4, 0.5) is 10.8 Å². The molecule has 0 aliphatic rings. The third-order valence-electron chi connectivity index (χ3n) is 3.20. The number of hydrogen-bond acceptors (Lipinski definition) is 5. The smallest absolute Gasteiger partial charge is 0.226 e. The zero-order valence-corrected chi connectivity index (χ0v) is 15.7. The van der Waals surface area contributed by atoms with Gasteiger partial charge >= 0.3 is 0 Å². The SMILES string of the molecule is CC/C(C)=N/Nc1nc2c(Cl)cc(NC(=O)C(C)C)c(Cl)c2s1. The summed E-state index contributed by atoms with van der Waals surface area (Å²) in [6, 6.07) is 1.62. The van der Waals surface area contributed by atoms with Crippen LogP contribution in [0.5, 0.6) is 0 Å². The average molecular weight is 373 g/mol. The molecule has 0 unspecified atom stereocenters. The van der Waals surface area contributed by atoms with Crippen LogP contribution in [0.2, 0.25) is 10.0 Å². The number of thiazole rings is 1. The fourth-order valence-corrected chi connectivity index (χ4v) is 3.13. The number of nitrogens with zero attached hydrogens (tertiary/aromatic N) is 2. The molecule has 0 saturated carbocycles. The molecule has 0 radical (unpaired) electrons. The molecule has 0 atom stereocenters. The van der Waals surface area contributed by atoms with Crippen molar-refractivity contribution in [3.05, 3.63) is 16.1 Å². The predicted octanol–water partition coefficient (Wildman–Crippen LogP) is 5.40. The van der Waals surface area contributed by atoms with E-state index in [4.69, 9.17) is 23.2 Å². The van der Waals surface area contributed by atoms with Crippen LogP contribution in [-0.2, 0) is 4.79 Å². The van der Waals surface area contributed by atoms with Gasteiger partial charge in [-0.25, -0.2) is 4.98 Å². The van der Waals surface area contributed by atoms with Crippen molar-refractivity contribution in [1.29, 1.82) is 0 Å². The van der Waals surface area contributed by atoms with E-state index in [0.717, 1.165) is 12.1 Å². The number of fused-ring (bicyclic) bond motifs is 1. The summed E-state index contributed by atoms with van der Waals surface area (Å²) >= 11 is 14.0. The number of carbonyl (C=O) groups excluding carboxylic acids is 1. The van der Waals surface area contributed by atoms with E-state index in [1.807, 2.05) is 27.7 Å². The van der Waals surface area contributed by atoms with E-state index < -0.39 is 0 Å². The Balaban J connectivity index is 2.40. The molecule has 0 saturated heterocycles. The summed E-state index contributed by atoms with van der Waals surface area (Å²) in [5.74, 6) is -0.265. The fraction of sp³-hybridized carbons (Fsp3) is 0.400. The van der Waals surface area contributed by atoms with Gasteiger partial charge in [-0.1, -0.05) is 55.3 Å². The summed E-state index contributed by atoms with van der Waals surface area (Å²) in [4.78, 5) is 16.3. The zero-order valence-electron chi connectivity index (χ0n) is 13.3. The van der Waals surface area contributed by atoms with Gasteiger partial charge in [0.15, 0.2) is 0 Å². The van der Waals surface area contributed by atoms with Gasteiger partial charge in [0.25, 0.3) is 0 Å². The maximum Gasteiger partial charge on any atom is 0.226 e. The Bertz CT molecular complexity index is 770. The molecule has 0 aliphatic carbocycles. The summed E-state index contributed by atoms with van der Waals surface area (Å²) in [7, 11) is 0. The normalized spacial score (nSPS) is 12.0. The van der Waals surface area contributed by atoms with E-state index in [-0.39, 0.29) is 11.8 Å². The van der Waals surface area contributed by atoms with E-state index in [1.54, 1.807) is 6.07 Å². The Kier molecular flexibility index (Phi) is 5.84. The molecule has 124 valence electrons. The fourth-order valence-electron chi connectivity index (χ4n) is 1.65. The van der Waals surface area contributed by atoms with Gasteiger partial charge in [0.2, 0.25) is 11.0 Å². The van der Waals surface area contributed by atoms with Crippen molar-refractivity contribution in [1.82, 2.24) is 4.98 Å². The number of anilines is 2. The van der Waals surface area contributed by atoms with Crippen molar-refractivity contribution in [3.8, 4) is 0 Å². The summed E-state index contributed by atoms with van der Waals surface area (Å²) < 4.78 is 0.713. The minimum atomic E-state index is -0.148. The molecule has 2 aromatic rings. The number of rotatable bonds is 5. The number of hydrogen-bond donors (Lipinski definition) is 2. The lowest BCUT2D eigenvalue weighted by molar-refractivity contribution is -0.118. The third-order valence-corrected chi connectivity index (χ3v) is 4.97. The number of nitrogens with one attached hydrogen (secondary N) is 2. The average Bonchev–Trinajstić information content (AvgIpc) is 2.94. The Morgan fingerprint density at radius 1 is 1.43 bits per heavy atom. The molecule has 8 heteroatoms. The highest BCUT2D eigenvalue weighted by atomic mass is 35.5. The number of carbonyl (C=O) groups is 1. The topological polar surface area (TPSA) is 66.4 Å². The third kappa shape index (κ3) is 4.13. The van der Waals surface area contributed by atoms with Crippen molar-refractivity contribution in [2.24, 2.45) is 11.0 Å². The van der Waals surface area contributed by atoms with Crippen LogP contribution in [0.25, 0.3) is 10.2 Å². The first-order valence-electron chi connectivity index (χ1n) is 7.22. The molecule has 2 N–H and O–H groups in total. The molecule has 0 fully saturated rings. The molecule has 0 aliphatic heterocycles. The largest absolute Gasteiger partial charge is 0.324 e. The van der Waals surface area contributed by atoms with Crippen molar-refractivity contribution < 1.29 is 4.79 Å². The van der Waals surface area contributed by atoms with Crippen molar-refractivity contribution in [3.63, 3.8) is 0 Å². The van der Waals surface area contributed by atoms with Crippen LogP contribution < -0.4 is 10.7 Å². The Morgan fingerprint density at radius 3 is 2.74 bits per heavy atom. The summed E-state index contributed by atoms with van der Waals surface area (Å²) in [6.07, 6.45) is 0.852. The standard InChI is InChI=1S/C15H18Cl2N4OS/c1-5-8(4)20-21-15-19-12-9(16)6-10(11(17)13(12)23-15)18-14(22)7(2)3/h6-7H,5H2,1-4H3,(H,18,22)(H,19,21)/b20-8+. The number of benzene rings is 1. The lowest BCUT2D eigenvalue weighted by Crippen LogP contribution is -2.17. The molecule has 23 heavy (non-hydrogen) atoms. The lowest BCUT2D eigenvalue weighted by atomic mass is 10.2. The van der Waals surface area contributed by atoms with E-state index >= 15 is 0 Å². The van der Waals surface area contributed by atoms with Crippen LogP contribution in [-0.4, -0.2) is 16.6 Å². The van der Waals surface area contributed by atoms with Crippen molar-refractivity contribution in [2.45, 2.75) is 34.1 Å². The van der Waals surface area contributed by atoms with E-state index in [2.05, 4.69) is 20.8 Å². The number of halogens is 2. The first-order chi connectivity index (χ1) is 10.8. The molecular formula is C15H18Cl2N4OS. The Hall–Kier alpha value is -1.37. The minimum Gasteiger partial charge on any atom is -0.324 e. The van der Waals surface area contributed by atoms with E-state index in [9.17, 15) is 4.79 Å². The van der Waals surface area contributed by atoms with Gasteiger partial charge in [-0.3, -0.25) is 10.2 Å². The van der Waals surface area contributed by atoms with Gasteiger partial charge in [-0.05, 0) is 19.4 Å². The number of amides is 1. The predicted molar refractivity (Wildman–Crippen MR) is 100 cm³/mol. The first-order valence-corrected chi connectivity index (χ1v) is 8.79. The quantitative estimate of drug-likeness (QED) is 0.545. The number of hydrazone groups is 1. The zero-order chi connectivity index (χ0) is 17.1. The van der Waals surface area contributed by atoms with Crippen LogP contribution >= 0.6 is 34.5 Å². The summed E-state index contributed by atoms with van der Waals surface area (Å²) in [5.41, 5.74) is 4.96. The molecule has 0 bridgehead atoms. The van der Waals surface area contributed by atoms with Crippen LogP contribution in [0.3, 0.4) is 0 Å². The van der Waals surface area contributed by atoms with E-state index in [0.29, 0.717) is 31.1 Å². The second-order valence-corrected chi connectivity index (χ2v) is 7.16. The minimum absolute atomic E-state index is 0.117. The Labute approximate surface area is 149 Å². The monoisotopic (exact) mass is 372 g/mol. The highest BCUT2D eigenvalue weighted by molar-refractivity contribution is 7.23. The molecule has 1 aromatic heterocycles. The summed E-state index contributed by atoms with van der Waals surface area (Å²) in [6.45, 7) is 7.58. The van der Waals surface area contributed by atoms with Gasteiger partial charge in [-0.15, -0.1) is 0 Å². The molecule has 1 heterocycles. The van der Waals surface area contributed by atoms with E-state index in [1.165, 1.54) is 11.3 Å². The maximum absolute atomic E-state index is 11.9. The maximum atomic E-state index is 11.9. The second kappa shape index (κ2) is 7.47. The highest BCUT2D eigenvalue weighted by Gasteiger charge is 2.17. The van der Waals surface area contributed by atoms with Gasteiger partial charge in [-0.2, -0.15) is 5.10 Å². The van der Waals surface area contributed by atoms with Crippen LogP contribution in [0.1, 0.15) is 34.1 Å².